The fourth-order valence-electron chi connectivity index (χ4n) is 5.08. The third kappa shape index (κ3) is 6.17. The topological polar surface area (TPSA) is 283 Å². The molecule has 0 amide bonds. The molecule has 3 aliphatic rings. The molecular weight excluding hydrogens is 709 g/mol. The van der Waals surface area contributed by atoms with Gasteiger partial charge in [0, 0.05) is 17.5 Å². The molecule has 6 unspecified atom stereocenters. The molecule has 3 aliphatic heterocycles. The predicted octanol–water partition coefficient (Wildman–Crippen LogP) is 0.282. The highest BCUT2D eigenvalue weighted by Gasteiger charge is 2.54. The van der Waals surface area contributed by atoms with Gasteiger partial charge in [0.2, 0.25) is 5.95 Å². The number of aromatic nitrogens is 4. The number of carbonyl (C=O) groups excluding carboxylic acids is 1. The van der Waals surface area contributed by atoms with Crippen LogP contribution in [0.5, 0.6) is 17.2 Å². The van der Waals surface area contributed by atoms with Crippen LogP contribution in [0, 0.1) is 0 Å². The van der Waals surface area contributed by atoms with E-state index >= 15 is 0 Å². The second kappa shape index (κ2) is 12.2. The molecule has 5 heterocycles. The summed E-state index contributed by atoms with van der Waals surface area (Å²) in [6.07, 6.45) is -5.14. The number of nitrogens with one attached hydrogen (secondary N) is 1. The van der Waals surface area contributed by atoms with Crippen LogP contribution in [-0.2, 0) is 37.3 Å². The van der Waals surface area contributed by atoms with Crippen molar-refractivity contribution in [2.75, 3.05) is 32.2 Å². The minimum absolute atomic E-state index is 0.00208. The van der Waals surface area contributed by atoms with Gasteiger partial charge in [-0.3, -0.25) is 32.7 Å². The first-order valence-electron chi connectivity index (χ1n) is 13.2. The summed E-state index contributed by atoms with van der Waals surface area (Å²) in [4.78, 5) is 57.3. The second-order valence-electron chi connectivity index (χ2n) is 10.1. The molecule has 1 aromatic carbocycles. The van der Waals surface area contributed by atoms with E-state index < -0.39 is 81.6 Å². The third-order valence-electron chi connectivity index (χ3n) is 7.03. The zero-order chi connectivity index (χ0) is 32.9. The Bertz CT molecular complexity index is 1850. The van der Waals surface area contributed by atoms with Gasteiger partial charge in [-0.25, -0.2) is 19.1 Å². The number of esters is 1. The van der Waals surface area contributed by atoms with Crippen molar-refractivity contribution in [3.05, 3.63) is 32.8 Å². The number of nitrogen functional groups attached to an aromatic ring is 1. The molecule has 0 bridgehead atoms. The number of phosphoric acid groups is 1. The van der Waals surface area contributed by atoms with Crippen LogP contribution in [0.25, 0.3) is 11.2 Å². The highest BCUT2D eigenvalue weighted by atomic mass is 79.9. The number of rotatable bonds is 10. The Hall–Kier alpha value is -4.11. The quantitative estimate of drug-likeness (QED) is 0.0810. The SMILES string of the molecule is Nc1nc2c(nc(Br)n2C2OC3COP(=O)(OCC4CC(=O)Oc5cc(OCC(=O)O)c(OCC(=O)O)cc54)OC3C2O)c(=O)[nH]1. The first kappa shape index (κ1) is 31.9. The number of halogens is 1. The monoisotopic (exact) mass is 731 g/mol. The van der Waals surface area contributed by atoms with Crippen molar-refractivity contribution in [1.29, 1.82) is 0 Å². The Labute approximate surface area is 264 Å². The minimum Gasteiger partial charge on any atom is -0.479 e. The molecule has 20 nitrogen and oxygen atoms in total. The molecule has 22 heteroatoms. The summed E-state index contributed by atoms with van der Waals surface area (Å²) in [6.45, 7) is -2.36. The number of nitrogens with two attached hydrogens (primary N) is 1. The Morgan fingerprint density at radius 3 is 2.54 bits per heavy atom. The fraction of sp³-hybridized carbons (Fsp3) is 0.417. The molecule has 46 heavy (non-hydrogen) atoms. The number of phosphoric ester groups is 1. The average Bonchev–Trinajstić information content (AvgIpc) is 3.48. The van der Waals surface area contributed by atoms with Gasteiger partial charge in [0.15, 0.2) is 46.8 Å². The fourth-order valence-corrected chi connectivity index (χ4v) is 7.08. The Balaban J connectivity index is 1.20. The van der Waals surface area contributed by atoms with Gasteiger partial charge in [-0.2, -0.15) is 4.98 Å². The lowest BCUT2D eigenvalue weighted by atomic mass is 9.93. The highest BCUT2D eigenvalue weighted by molar-refractivity contribution is 9.10. The van der Waals surface area contributed by atoms with E-state index in [9.17, 15) is 28.8 Å². The molecule has 2 aromatic heterocycles. The van der Waals surface area contributed by atoms with Crippen LogP contribution in [0.3, 0.4) is 0 Å². The van der Waals surface area contributed by atoms with Crippen molar-refractivity contribution in [3.63, 3.8) is 0 Å². The lowest BCUT2D eigenvalue weighted by Crippen LogP contribution is -2.39. The van der Waals surface area contributed by atoms with E-state index in [2.05, 4.69) is 30.9 Å². The molecule has 0 saturated carbocycles. The number of hydrogen-bond acceptors (Lipinski definition) is 16. The summed E-state index contributed by atoms with van der Waals surface area (Å²) in [5.74, 6) is -4.79. The van der Waals surface area contributed by atoms with Crippen LogP contribution in [-0.4, -0.2) is 97.5 Å². The predicted molar refractivity (Wildman–Crippen MR) is 150 cm³/mol. The summed E-state index contributed by atoms with van der Waals surface area (Å²) in [7, 11) is -4.39. The van der Waals surface area contributed by atoms with E-state index in [0.29, 0.717) is 0 Å². The lowest BCUT2D eigenvalue weighted by Gasteiger charge is -2.32. The number of anilines is 1. The Kier molecular flexibility index (Phi) is 8.48. The van der Waals surface area contributed by atoms with E-state index in [1.807, 2.05) is 0 Å². The van der Waals surface area contributed by atoms with Crippen LogP contribution in [0.15, 0.2) is 21.7 Å². The number of nitrogens with zero attached hydrogens (tertiary/aromatic N) is 3. The number of aromatic amines is 1. The Morgan fingerprint density at radius 1 is 1.15 bits per heavy atom. The lowest BCUT2D eigenvalue weighted by molar-refractivity contribution is -0.140. The van der Waals surface area contributed by atoms with Crippen molar-refractivity contribution in [2.45, 2.75) is 36.9 Å². The summed E-state index contributed by atoms with van der Waals surface area (Å²) in [5, 5.41) is 29.2. The molecule has 6 N–H and O–H groups in total. The maximum Gasteiger partial charge on any atom is 0.475 e. The van der Waals surface area contributed by atoms with Crippen LogP contribution >= 0.6 is 23.8 Å². The maximum absolute atomic E-state index is 13.5. The molecule has 246 valence electrons. The molecule has 0 aliphatic carbocycles. The molecule has 3 aromatic rings. The van der Waals surface area contributed by atoms with E-state index in [-0.39, 0.29) is 57.7 Å². The maximum atomic E-state index is 13.5. The van der Waals surface area contributed by atoms with Gasteiger partial charge in [0.1, 0.15) is 24.1 Å². The summed E-state index contributed by atoms with van der Waals surface area (Å²) in [6, 6.07) is 2.46. The first-order valence-corrected chi connectivity index (χ1v) is 15.5. The van der Waals surface area contributed by atoms with Crippen molar-refractivity contribution >= 4 is 58.8 Å². The standard InChI is InChI=1S/C24H23BrN5O15P/c25-23-27-17-20(28-24(26)29-21(17)37)30(23)22-18(36)19-13(44-22)5-42-46(38,45-19)41-4-8-1-16(35)43-10-3-12(40-7-15(33)34)11(2-9(8)10)39-6-14(31)32/h2-3,8,13,18-19,22,36H,1,4-7H2,(H,31,32)(H,33,34)(H3,26,28,29,37). The van der Waals surface area contributed by atoms with Crippen molar-refractivity contribution in [3.8, 4) is 17.2 Å². The van der Waals surface area contributed by atoms with Gasteiger partial charge in [-0.15, -0.1) is 0 Å². The number of ether oxygens (including phenoxy) is 4. The number of benzene rings is 1. The number of carboxylic acid groups (broad SMARTS) is 2. The van der Waals surface area contributed by atoms with E-state index in [0.717, 1.165) is 0 Å². The molecule has 2 saturated heterocycles. The number of aliphatic hydroxyl groups is 1. The number of aliphatic hydroxyl groups excluding tert-OH is 1. The summed E-state index contributed by atoms with van der Waals surface area (Å²) >= 11 is 3.22. The van der Waals surface area contributed by atoms with Crippen molar-refractivity contribution in [1.82, 2.24) is 19.5 Å². The molecule has 2 fully saturated rings. The number of H-pyrrole nitrogens is 1. The van der Waals surface area contributed by atoms with Crippen molar-refractivity contribution in [2.24, 2.45) is 0 Å². The molecule has 0 spiro atoms. The number of fused-ring (bicyclic) bond motifs is 3. The van der Waals surface area contributed by atoms with E-state index in [1.165, 1.54) is 16.7 Å². The van der Waals surface area contributed by atoms with Gasteiger partial charge < -0.3 is 40.0 Å². The van der Waals surface area contributed by atoms with Crippen molar-refractivity contribution < 1.29 is 66.8 Å². The first-order chi connectivity index (χ1) is 21.8. The number of aliphatic carboxylic acids is 2. The third-order valence-corrected chi connectivity index (χ3v) is 9.02. The van der Waals surface area contributed by atoms with Gasteiger partial charge in [0.05, 0.1) is 19.6 Å². The highest BCUT2D eigenvalue weighted by Crippen LogP contribution is 2.58. The number of carboxylic acids is 2. The summed E-state index contributed by atoms with van der Waals surface area (Å²) < 4.78 is 53.0. The molecule has 6 atom stereocenters. The number of imidazole rings is 1. The smallest absolute Gasteiger partial charge is 0.475 e. The number of carbonyl (C=O) groups is 3. The normalized spacial score (nSPS) is 27.1. The average molecular weight is 732 g/mol. The van der Waals surface area contributed by atoms with Gasteiger partial charge in [0.25, 0.3) is 5.56 Å². The second-order valence-corrected chi connectivity index (χ2v) is 12.4. The van der Waals surface area contributed by atoms with Gasteiger partial charge in [-0.1, -0.05) is 0 Å². The zero-order valence-electron chi connectivity index (χ0n) is 23.1. The van der Waals surface area contributed by atoms with Crippen LogP contribution in [0.4, 0.5) is 5.95 Å². The molecule has 6 rings (SSSR count). The minimum atomic E-state index is -4.39. The Morgan fingerprint density at radius 2 is 1.85 bits per heavy atom. The van der Waals surface area contributed by atoms with Gasteiger partial charge in [-0.05, 0) is 22.0 Å². The largest absolute Gasteiger partial charge is 0.479 e. The van der Waals surface area contributed by atoms with Crippen LogP contribution in [0.2, 0.25) is 0 Å². The molecule has 0 radical (unpaired) electrons. The van der Waals surface area contributed by atoms with Crippen LogP contribution in [0.1, 0.15) is 24.1 Å². The summed E-state index contributed by atoms with van der Waals surface area (Å²) in [5.41, 5.74) is 5.24. The number of hydrogen-bond donors (Lipinski definition) is 5. The molecular formula is C24H23BrN5O15P. The zero-order valence-corrected chi connectivity index (χ0v) is 25.5. The van der Waals surface area contributed by atoms with Crippen LogP contribution < -0.4 is 25.5 Å². The van der Waals surface area contributed by atoms with E-state index in [1.54, 1.807) is 0 Å². The van der Waals surface area contributed by atoms with Gasteiger partial charge >= 0.3 is 25.7 Å². The van der Waals surface area contributed by atoms with E-state index in [4.69, 9.17) is 48.5 Å².